The minimum atomic E-state index is -0.282. The van der Waals surface area contributed by atoms with E-state index in [4.69, 9.17) is 4.98 Å². The number of nitrogens with zero attached hydrogens (tertiary/aromatic N) is 5. The first-order valence-electron chi connectivity index (χ1n) is 8.32. The molecule has 3 heterocycles. The quantitative estimate of drug-likeness (QED) is 0.821. The smallest absolute Gasteiger partial charge is 0.330 e. The summed E-state index contributed by atoms with van der Waals surface area (Å²) < 4.78 is 4.89. The lowest BCUT2D eigenvalue weighted by molar-refractivity contribution is 0.233. The van der Waals surface area contributed by atoms with Gasteiger partial charge in [0, 0.05) is 70.6 Å². The summed E-state index contributed by atoms with van der Waals surface area (Å²) in [5.74, 6) is 1.51. The van der Waals surface area contributed by atoms with E-state index in [0.29, 0.717) is 12.5 Å². The van der Waals surface area contributed by atoms with Gasteiger partial charge in [-0.15, -0.1) is 0 Å². The Morgan fingerprint density at radius 3 is 2.50 bits per heavy atom. The Labute approximate surface area is 141 Å². The third-order valence-electron chi connectivity index (χ3n) is 4.90. The zero-order valence-electron chi connectivity index (χ0n) is 15.0. The number of hydrogen-bond acceptors (Lipinski definition) is 4. The highest BCUT2D eigenvalue weighted by Gasteiger charge is 2.24. The molecule has 0 aliphatic carbocycles. The number of rotatable bonds is 3. The van der Waals surface area contributed by atoms with Crippen molar-refractivity contribution in [3.05, 3.63) is 49.8 Å². The predicted octanol–water partition coefficient (Wildman–Crippen LogP) is 0.499. The van der Waals surface area contributed by atoms with Crippen molar-refractivity contribution < 1.29 is 0 Å². The molecule has 7 heteroatoms. The zero-order chi connectivity index (χ0) is 17.6. The summed E-state index contributed by atoms with van der Waals surface area (Å²) in [5.41, 5.74) is 2.61. The van der Waals surface area contributed by atoms with Crippen LogP contribution in [-0.2, 0) is 40.7 Å². The number of aromatic nitrogens is 4. The Balaban J connectivity index is 1.86. The maximum absolute atomic E-state index is 12.1. The van der Waals surface area contributed by atoms with Gasteiger partial charge in [-0.05, 0) is 0 Å². The lowest BCUT2D eigenvalue weighted by Crippen LogP contribution is -2.40. The molecule has 130 valence electrons. The molecule has 0 atom stereocenters. The summed E-state index contributed by atoms with van der Waals surface area (Å²) in [6.07, 6.45) is 0.935. The monoisotopic (exact) mass is 331 g/mol. The minimum absolute atomic E-state index is 0.259. The molecular weight excluding hydrogens is 306 g/mol. The van der Waals surface area contributed by atoms with E-state index >= 15 is 0 Å². The lowest BCUT2D eigenvalue weighted by Gasteiger charge is -2.27. The molecule has 0 unspecified atom stereocenters. The Morgan fingerprint density at radius 2 is 1.83 bits per heavy atom. The summed E-state index contributed by atoms with van der Waals surface area (Å²) in [6, 6.07) is 1.55. The van der Waals surface area contributed by atoms with Crippen LogP contribution in [0.4, 0.5) is 0 Å². The third kappa shape index (κ3) is 2.73. The first kappa shape index (κ1) is 16.7. The van der Waals surface area contributed by atoms with Gasteiger partial charge in [0.25, 0.3) is 5.56 Å². The molecule has 0 bridgehead atoms. The summed E-state index contributed by atoms with van der Waals surface area (Å²) in [5, 5.41) is 0. The first-order chi connectivity index (χ1) is 11.3. The third-order valence-corrected chi connectivity index (χ3v) is 4.90. The molecule has 0 N–H and O–H groups in total. The van der Waals surface area contributed by atoms with Gasteiger partial charge >= 0.3 is 5.69 Å². The molecule has 3 rings (SSSR count). The van der Waals surface area contributed by atoms with Gasteiger partial charge in [0.1, 0.15) is 5.82 Å². The Kier molecular flexibility index (Phi) is 4.21. The van der Waals surface area contributed by atoms with Crippen LogP contribution in [0.5, 0.6) is 0 Å². The molecule has 2 aromatic rings. The molecule has 0 aromatic carbocycles. The average molecular weight is 331 g/mol. The number of imidazole rings is 1. The van der Waals surface area contributed by atoms with Crippen molar-refractivity contribution in [2.45, 2.75) is 39.3 Å². The van der Waals surface area contributed by atoms with Crippen molar-refractivity contribution in [3.63, 3.8) is 0 Å². The standard InChI is InChI=1S/C17H25N5O2/c1-11(2)16-18-13-10-22(7-6-14(13)20(16)4)9-12-8-15(23)21(5)17(24)19(12)3/h8,11H,6-7,9-10H2,1-5H3. The van der Waals surface area contributed by atoms with E-state index < -0.39 is 0 Å². The van der Waals surface area contributed by atoms with Crippen LogP contribution < -0.4 is 11.2 Å². The zero-order valence-corrected chi connectivity index (χ0v) is 15.0. The van der Waals surface area contributed by atoms with Crippen LogP contribution in [-0.4, -0.2) is 30.1 Å². The fraction of sp³-hybridized carbons (Fsp3) is 0.588. The molecular formula is C17H25N5O2. The fourth-order valence-electron chi connectivity index (χ4n) is 3.41. The highest BCUT2D eigenvalue weighted by Crippen LogP contribution is 2.23. The van der Waals surface area contributed by atoms with Crippen molar-refractivity contribution >= 4 is 0 Å². The molecule has 0 radical (unpaired) electrons. The molecule has 7 nitrogen and oxygen atoms in total. The maximum Gasteiger partial charge on any atom is 0.330 e. The maximum atomic E-state index is 12.1. The molecule has 24 heavy (non-hydrogen) atoms. The van der Waals surface area contributed by atoms with Crippen LogP contribution >= 0.6 is 0 Å². The van der Waals surface area contributed by atoms with Crippen LogP contribution in [0.2, 0.25) is 0 Å². The second kappa shape index (κ2) is 6.05. The van der Waals surface area contributed by atoms with Crippen molar-refractivity contribution in [3.8, 4) is 0 Å². The fourth-order valence-corrected chi connectivity index (χ4v) is 3.41. The molecule has 0 spiro atoms. The van der Waals surface area contributed by atoms with Gasteiger partial charge in [0.05, 0.1) is 5.69 Å². The van der Waals surface area contributed by atoms with Gasteiger partial charge < -0.3 is 4.57 Å². The summed E-state index contributed by atoms with van der Waals surface area (Å²) in [7, 11) is 5.30. The topological polar surface area (TPSA) is 65.1 Å². The highest BCUT2D eigenvalue weighted by atomic mass is 16.2. The van der Waals surface area contributed by atoms with Crippen molar-refractivity contribution in [2.24, 2.45) is 21.1 Å². The molecule has 1 aliphatic rings. The van der Waals surface area contributed by atoms with E-state index in [-0.39, 0.29) is 11.2 Å². The van der Waals surface area contributed by atoms with Crippen LogP contribution in [0.1, 0.15) is 42.7 Å². The highest BCUT2D eigenvalue weighted by molar-refractivity contribution is 5.21. The van der Waals surface area contributed by atoms with Crippen molar-refractivity contribution in [1.82, 2.24) is 23.6 Å². The Hall–Kier alpha value is -2.15. The molecule has 0 fully saturated rings. The Bertz CT molecular complexity index is 888. The second-order valence-corrected chi connectivity index (χ2v) is 6.91. The lowest BCUT2D eigenvalue weighted by atomic mass is 10.1. The molecule has 0 amide bonds. The van der Waals surface area contributed by atoms with Crippen LogP contribution in [0.3, 0.4) is 0 Å². The molecule has 1 aliphatic heterocycles. The van der Waals surface area contributed by atoms with Crippen molar-refractivity contribution in [1.29, 1.82) is 0 Å². The van der Waals surface area contributed by atoms with Crippen LogP contribution in [0, 0.1) is 0 Å². The first-order valence-corrected chi connectivity index (χ1v) is 8.32. The molecule has 2 aromatic heterocycles. The predicted molar refractivity (Wildman–Crippen MR) is 92.0 cm³/mol. The largest absolute Gasteiger partial charge is 0.335 e. The summed E-state index contributed by atoms with van der Waals surface area (Å²) in [6.45, 7) is 6.53. The van der Waals surface area contributed by atoms with Gasteiger partial charge in [-0.25, -0.2) is 9.78 Å². The summed E-state index contributed by atoms with van der Waals surface area (Å²) in [4.78, 5) is 31.0. The Morgan fingerprint density at radius 1 is 1.12 bits per heavy atom. The van der Waals surface area contributed by atoms with Crippen LogP contribution in [0.25, 0.3) is 0 Å². The van der Waals surface area contributed by atoms with Gasteiger partial charge in [0.15, 0.2) is 0 Å². The van der Waals surface area contributed by atoms with Gasteiger partial charge in [0.2, 0.25) is 0 Å². The van der Waals surface area contributed by atoms with E-state index in [1.54, 1.807) is 17.7 Å². The van der Waals surface area contributed by atoms with E-state index in [0.717, 1.165) is 41.3 Å². The van der Waals surface area contributed by atoms with Gasteiger partial charge in [-0.3, -0.25) is 18.8 Å². The van der Waals surface area contributed by atoms with E-state index in [1.165, 1.54) is 12.7 Å². The summed E-state index contributed by atoms with van der Waals surface area (Å²) >= 11 is 0. The van der Waals surface area contributed by atoms with E-state index in [9.17, 15) is 9.59 Å². The SMILES string of the molecule is CC(C)c1nc2c(n1C)CCN(Cc1cc(=O)n(C)c(=O)n1C)C2. The van der Waals surface area contributed by atoms with E-state index in [1.807, 2.05) is 0 Å². The normalized spacial score (nSPS) is 15.1. The average Bonchev–Trinajstić information content (AvgIpc) is 2.87. The minimum Gasteiger partial charge on any atom is -0.335 e. The van der Waals surface area contributed by atoms with Crippen molar-refractivity contribution in [2.75, 3.05) is 6.54 Å². The van der Waals surface area contributed by atoms with Gasteiger partial charge in [-0.1, -0.05) is 13.8 Å². The number of fused-ring (bicyclic) bond motifs is 1. The second-order valence-electron chi connectivity index (χ2n) is 6.91. The molecule has 0 saturated carbocycles. The van der Waals surface area contributed by atoms with Gasteiger partial charge in [-0.2, -0.15) is 0 Å². The number of hydrogen-bond donors (Lipinski definition) is 0. The van der Waals surface area contributed by atoms with Crippen LogP contribution in [0.15, 0.2) is 15.7 Å². The van der Waals surface area contributed by atoms with E-state index in [2.05, 4.69) is 30.4 Å². The molecule has 0 saturated heterocycles.